The number of anilines is 1. The summed E-state index contributed by atoms with van der Waals surface area (Å²) in [6.07, 6.45) is 9.17. The summed E-state index contributed by atoms with van der Waals surface area (Å²) >= 11 is 0. The molecule has 0 unspecified atom stereocenters. The molecular formula is C28H38N2O2. The van der Waals surface area contributed by atoms with Gasteiger partial charge in [0.1, 0.15) is 12.4 Å². The summed E-state index contributed by atoms with van der Waals surface area (Å²) in [7, 11) is 0. The summed E-state index contributed by atoms with van der Waals surface area (Å²) in [4.78, 5) is 16.0. The summed E-state index contributed by atoms with van der Waals surface area (Å²) in [5.74, 6) is 0.981. The van der Waals surface area contributed by atoms with E-state index in [1.165, 1.54) is 37.8 Å². The van der Waals surface area contributed by atoms with Crippen molar-refractivity contribution in [3.8, 4) is 5.75 Å². The van der Waals surface area contributed by atoms with Gasteiger partial charge in [0.2, 0.25) is 5.91 Å². The first-order chi connectivity index (χ1) is 15.6. The lowest BCUT2D eigenvalue weighted by Gasteiger charge is -2.36. The van der Waals surface area contributed by atoms with E-state index in [-0.39, 0.29) is 5.91 Å². The number of amides is 1. The molecule has 1 N–H and O–H groups in total. The molecule has 1 saturated heterocycles. The van der Waals surface area contributed by atoms with Crippen LogP contribution in [0.15, 0.2) is 48.5 Å². The summed E-state index contributed by atoms with van der Waals surface area (Å²) < 4.78 is 5.98. The van der Waals surface area contributed by atoms with Crippen LogP contribution in [-0.2, 0) is 10.2 Å². The van der Waals surface area contributed by atoms with Gasteiger partial charge >= 0.3 is 0 Å². The number of likely N-dealkylation sites (tertiary alicyclic amines) is 1. The number of benzene rings is 2. The van der Waals surface area contributed by atoms with E-state index in [2.05, 4.69) is 48.3 Å². The fourth-order valence-electron chi connectivity index (χ4n) is 5.40. The van der Waals surface area contributed by atoms with Crippen LogP contribution < -0.4 is 10.1 Å². The zero-order chi connectivity index (χ0) is 22.4. The van der Waals surface area contributed by atoms with Crippen LogP contribution in [0.2, 0.25) is 0 Å². The monoisotopic (exact) mass is 434 g/mol. The molecule has 1 amide bonds. The van der Waals surface area contributed by atoms with E-state index in [0.29, 0.717) is 12.6 Å². The number of nitrogens with zero attached hydrogens (tertiary/aromatic N) is 1. The first kappa shape index (κ1) is 22.8. The van der Waals surface area contributed by atoms with Crippen LogP contribution in [0.5, 0.6) is 5.75 Å². The molecule has 1 aliphatic heterocycles. The molecule has 4 nitrogen and oxygen atoms in total. The van der Waals surface area contributed by atoms with Crippen LogP contribution >= 0.6 is 0 Å². The van der Waals surface area contributed by atoms with Crippen LogP contribution in [-0.4, -0.2) is 36.5 Å². The number of hydrogen-bond donors (Lipinski definition) is 1. The molecular weight excluding hydrogens is 396 g/mol. The largest absolute Gasteiger partial charge is 0.492 e. The molecule has 172 valence electrons. The normalized spacial score (nSPS) is 21.1. The Balaban J connectivity index is 1.37. The van der Waals surface area contributed by atoms with Gasteiger partial charge in [-0.25, -0.2) is 0 Å². The van der Waals surface area contributed by atoms with Crippen LogP contribution in [0, 0.1) is 6.92 Å². The standard InChI is InChI=1S/C28H38N2O2/c1-22-9-8-11-24(21-22)28(16-5-3-6-17-28)27(31)29-25-12-14-26(15-13-25)32-20-19-30-18-7-4-10-23(30)2/h8-9,11-15,21,23H,3-7,10,16-20H2,1-2H3,(H,29,31)/t23-/m1/s1. The lowest BCUT2D eigenvalue weighted by molar-refractivity contribution is -0.122. The third kappa shape index (κ3) is 5.35. The van der Waals surface area contributed by atoms with Crippen molar-refractivity contribution in [2.45, 2.75) is 76.7 Å². The molecule has 2 aliphatic rings. The molecule has 1 atom stereocenters. The molecule has 1 heterocycles. The van der Waals surface area contributed by atoms with Crippen molar-refractivity contribution in [1.82, 2.24) is 4.90 Å². The predicted octanol–water partition coefficient (Wildman–Crippen LogP) is 6.09. The Kier molecular flexibility index (Phi) is 7.51. The summed E-state index contributed by atoms with van der Waals surface area (Å²) in [6, 6.07) is 17.0. The molecule has 2 aromatic carbocycles. The van der Waals surface area contributed by atoms with E-state index < -0.39 is 5.41 Å². The van der Waals surface area contributed by atoms with Crippen molar-refractivity contribution >= 4 is 11.6 Å². The predicted molar refractivity (Wildman–Crippen MR) is 131 cm³/mol. The van der Waals surface area contributed by atoms with Crippen LogP contribution in [0.25, 0.3) is 0 Å². The van der Waals surface area contributed by atoms with Crippen molar-refractivity contribution in [3.05, 3.63) is 59.7 Å². The number of aryl methyl sites for hydroxylation is 1. The third-order valence-corrected chi connectivity index (χ3v) is 7.41. The minimum absolute atomic E-state index is 0.121. The van der Waals surface area contributed by atoms with Crippen LogP contribution in [0.3, 0.4) is 0 Å². The average molecular weight is 435 g/mol. The Hall–Kier alpha value is -2.33. The Morgan fingerprint density at radius 2 is 1.84 bits per heavy atom. The fraction of sp³-hybridized carbons (Fsp3) is 0.536. The van der Waals surface area contributed by atoms with Crippen LogP contribution in [0.1, 0.15) is 69.4 Å². The van der Waals surface area contributed by atoms with E-state index >= 15 is 0 Å². The smallest absolute Gasteiger partial charge is 0.235 e. The number of nitrogens with one attached hydrogen (secondary N) is 1. The van der Waals surface area contributed by atoms with Gasteiger partial charge in [0, 0.05) is 18.3 Å². The van der Waals surface area contributed by atoms with Gasteiger partial charge in [0.25, 0.3) is 0 Å². The SMILES string of the molecule is Cc1cccc(C2(C(=O)Nc3ccc(OCCN4CCCC[C@H]4C)cc3)CCCCC2)c1. The lowest BCUT2D eigenvalue weighted by atomic mass is 9.68. The fourth-order valence-corrected chi connectivity index (χ4v) is 5.40. The van der Waals surface area contributed by atoms with Gasteiger partial charge in [-0.05, 0) is 75.9 Å². The van der Waals surface area contributed by atoms with Crippen molar-refractivity contribution < 1.29 is 9.53 Å². The Morgan fingerprint density at radius 1 is 1.06 bits per heavy atom. The van der Waals surface area contributed by atoms with E-state index in [1.807, 2.05) is 24.3 Å². The molecule has 0 aromatic heterocycles. The highest BCUT2D eigenvalue weighted by molar-refractivity contribution is 5.99. The second kappa shape index (κ2) is 10.5. The maximum absolute atomic E-state index is 13.5. The zero-order valence-electron chi connectivity index (χ0n) is 19.7. The maximum atomic E-state index is 13.5. The molecule has 0 bridgehead atoms. The van der Waals surface area contributed by atoms with E-state index in [4.69, 9.17) is 4.74 Å². The Labute approximate surface area is 193 Å². The van der Waals surface area contributed by atoms with E-state index in [1.54, 1.807) is 0 Å². The van der Waals surface area contributed by atoms with Gasteiger partial charge in [-0.15, -0.1) is 0 Å². The van der Waals surface area contributed by atoms with Gasteiger partial charge in [0.15, 0.2) is 0 Å². The molecule has 4 heteroatoms. The summed E-state index contributed by atoms with van der Waals surface area (Å²) in [6.45, 7) is 7.26. The average Bonchev–Trinajstić information content (AvgIpc) is 2.82. The summed E-state index contributed by atoms with van der Waals surface area (Å²) in [5, 5.41) is 3.21. The van der Waals surface area contributed by atoms with Crippen molar-refractivity contribution in [2.24, 2.45) is 0 Å². The topological polar surface area (TPSA) is 41.6 Å². The molecule has 2 fully saturated rings. The number of piperidine rings is 1. The van der Waals surface area contributed by atoms with Gasteiger partial charge in [-0.1, -0.05) is 55.5 Å². The summed E-state index contributed by atoms with van der Waals surface area (Å²) in [5.41, 5.74) is 2.77. The van der Waals surface area contributed by atoms with E-state index in [0.717, 1.165) is 49.2 Å². The lowest BCUT2D eigenvalue weighted by Crippen LogP contribution is -2.42. The highest BCUT2D eigenvalue weighted by Crippen LogP contribution is 2.40. The van der Waals surface area contributed by atoms with E-state index in [9.17, 15) is 4.79 Å². The second-order valence-electron chi connectivity index (χ2n) is 9.72. The number of hydrogen-bond acceptors (Lipinski definition) is 3. The third-order valence-electron chi connectivity index (χ3n) is 7.41. The molecule has 2 aromatic rings. The van der Waals surface area contributed by atoms with Gasteiger partial charge < -0.3 is 10.1 Å². The maximum Gasteiger partial charge on any atom is 0.235 e. The molecule has 32 heavy (non-hydrogen) atoms. The number of carbonyl (C=O) groups is 1. The van der Waals surface area contributed by atoms with Crippen molar-refractivity contribution in [1.29, 1.82) is 0 Å². The van der Waals surface area contributed by atoms with Crippen molar-refractivity contribution in [2.75, 3.05) is 25.0 Å². The first-order valence-corrected chi connectivity index (χ1v) is 12.4. The number of carbonyl (C=O) groups excluding carboxylic acids is 1. The molecule has 4 rings (SSSR count). The first-order valence-electron chi connectivity index (χ1n) is 12.4. The van der Waals surface area contributed by atoms with Crippen LogP contribution in [0.4, 0.5) is 5.69 Å². The highest BCUT2D eigenvalue weighted by Gasteiger charge is 2.41. The van der Waals surface area contributed by atoms with Crippen molar-refractivity contribution in [3.63, 3.8) is 0 Å². The van der Waals surface area contributed by atoms with Gasteiger partial charge in [-0.2, -0.15) is 0 Å². The second-order valence-corrected chi connectivity index (χ2v) is 9.72. The highest BCUT2D eigenvalue weighted by atomic mass is 16.5. The minimum atomic E-state index is -0.426. The number of ether oxygens (including phenoxy) is 1. The van der Waals surface area contributed by atoms with Gasteiger partial charge in [0.05, 0.1) is 5.41 Å². The molecule has 1 aliphatic carbocycles. The van der Waals surface area contributed by atoms with Gasteiger partial charge in [-0.3, -0.25) is 9.69 Å². The Bertz CT molecular complexity index is 887. The quantitative estimate of drug-likeness (QED) is 0.573. The number of rotatable bonds is 7. The molecule has 1 saturated carbocycles. The molecule has 0 radical (unpaired) electrons. The minimum Gasteiger partial charge on any atom is -0.492 e. The molecule has 0 spiro atoms. The Morgan fingerprint density at radius 3 is 2.56 bits per heavy atom. The zero-order valence-corrected chi connectivity index (χ0v) is 19.7.